The molecule has 2 atom stereocenters. The molecule has 0 saturated carbocycles. The van der Waals surface area contributed by atoms with Crippen molar-refractivity contribution in [2.45, 2.75) is 64.9 Å². The molecule has 0 aromatic heterocycles. The number of β-lactam (4-membered cyclic amide) rings is 1. The zero-order valence-electron chi connectivity index (χ0n) is 18.5. The Balaban J connectivity index is 1.74. The van der Waals surface area contributed by atoms with Gasteiger partial charge in [-0.3, -0.25) is 9.59 Å². The first-order chi connectivity index (χ1) is 13.5. The van der Waals surface area contributed by atoms with Gasteiger partial charge in [0.2, 0.25) is 5.91 Å². The monoisotopic (exact) mass is 421 g/mol. The van der Waals surface area contributed by atoms with Crippen molar-refractivity contribution in [3.8, 4) is 0 Å². The van der Waals surface area contributed by atoms with Crippen molar-refractivity contribution in [2.75, 3.05) is 20.0 Å². The molecule has 162 valence electrons. The van der Waals surface area contributed by atoms with Crippen LogP contribution in [0, 0.1) is 5.41 Å². The van der Waals surface area contributed by atoms with Gasteiger partial charge in [-0.15, -0.1) is 0 Å². The number of ether oxygens (including phenoxy) is 2. The van der Waals surface area contributed by atoms with Crippen LogP contribution in [0.1, 0.15) is 39.7 Å². The maximum atomic E-state index is 12.7. The Morgan fingerprint density at radius 1 is 1.17 bits per heavy atom. The molecular weight excluding hydrogens is 386 g/mol. The minimum Gasteiger partial charge on any atom is -0.415 e. The summed E-state index contributed by atoms with van der Waals surface area (Å²) in [4.78, 5) is 24.9. The van der Waals surface area contributed by atoms with Crippen LogP contribution in [-0.2, 0) is 30.1 Å². The number of hydrogen-bond donors (Lipinski definition) is 1. The van der Waals surface area contributed by atoms with Crippen LogP contribution in [0.15, 0.2) is 30.3 Å². The van der Waals surface area contributed by atoms with Crippen molar-refractivity contribution in [2.24, 2.45) is 5.41 Å². The fourth-order valence-corrected chi connectivity index (χ4v) is 3.86. The number of Topliss-reactive ketones (excluding diaryl/α,β-unsaturated/α-hetero) is 1. The van der Waals surface area contributed by atoms with Crippen LogP contribution >= 0.6 is 0 Å². The van der Waals surface area contributed by atoms with Gasteiger partial charge in [0.05, 0.1) is 25.9 Å². The molecule has 0 spiro atoms. The highest BCUT2D eigenvalue weighted by Crippen LogP contribution is 2.39. The summed E-state index contributed by atoms with van der Waals surface area (Å²) in [7, 11) is -1.94. The number of amides is 1. The highest BCUT2D eigenvalue weighted by molar-refractivity contribution is 6.74. The number of nitrogens with one attached hydrogen (secondary N) is 1. The van der Waals surface area contributed by atoms with Crippen LogP contribution in [0.2, 0.25) is 18.1 Å². The summed E-state index contributed by atoms with van der Waals surface area (Å²) >= 11 is 0. The van der Waals surface area contributed by atoms with Gasteiger partial charge in [-0.2, -0.15) is 0 Å². The van der Waals surface area contributed by atoms with E-state index >= 15 is 0 Å². The summed E-state index contributed by atoms with van der Waals surface area (Å²) in [6.45, 7) is 13.7. The molecule has 1 aromatic carbocycles. The third-order valence-corrected chi connectivity index (χ3v) is 10.7. The lowest BCUT2D eigenvalue weighted by molar-refractivity contribution is -0.156. The van der Waals surface area contributed by atoms with Gasteiger partial charge >= 0.3 is 0 Å². The molecular formula is C22H35NO5Si. The lowest BCUT2D eigenvalue weighted by Crippen LogP contribution is -2.71. The summed E-state index contributed by atoms with van der Waals surface area (Å²) in [6, 6.07) is 9.53. The first-order valence-corrected chi connectivity index (χ1v) is 13.1. The van der Waals surface area contributed by atoms with E-state index in [0.29, 0.717) is 13.2 Å². The van der Waals surface area contributed by atoms with Gasteiger partial charge in [0.1, 0.15) is 12.2 Å². The molecule has 2 rings (SSSR count). The molecule has 0 aliphatic carbocycles. The number of rotatable bonds is 11. The third-order valence-electron chi connectivity index (χ3n) is 6.22. The first kappa shape index (κ1) is 23.7. The fourth-order valence-electron chi connectivity index (χ4n) is 2.85. The van der Waals surface area contributed by atoms with E-state index in [1.807, 2.05) is 30.3 Å². The van der Waals surface area contributed by atoms with Gasteiger partial charge < -0.3 is 19.2 Å². The van der Waals surface area contributed by atoms with Crippen molar-refractivity contribution < 1.29 is 23.5 Å². The Morgan fingerprint density at radius 3 is 2.41 bits per heavy atom. The molecule has 0 unspecified atom stereocenters. The van der Waals surface area contributed by atoms with Gasteiger partial charge in [-0.05, 0) is 30.6 Å². The molecule has 1 fully saturated rings. The van der Waals surface area contributed by atoms with Crippen LogP contribution in [0.25, 0.3) is 0 Å². The maximum Gasteiger partial charge on any atom is 0.235 e. The lowest BCUT2D eigenvalue weighted by Gasteiger charge is -2.47. The molecule has 0 bridgehead atoms. The van der Waals surface area contributed by atoms with E-state index in [1.165, 1.54) is 0 Å². The highest BCUT2D eigenvalue weighted by atomic mass is 28.4. The molecule has 1 aromatic rings. The van der Waals surface area contributed by atoms with Crippen molar-refractivity contribution >= 4 is 20.0 Å². The molecule has 7 heteroatoms. The topological polar surface area (TPSA) is 73.9 Å². The van der Waals surface area contributed by atoms with Gasteiger partial charge in [0, 0.05) is 6.42 Å². The summed E-state index contributed by atoms with van der Waals surface area (Å²) < 4.78 is 17.1. The Bertz CT molecular complexity index is 701. The largest absolute Gasteiger partial charge is 0.415 e. The molecule has 29 heavy (non-hydrogen) atoms. The first-order valence-electron chi connectivity index (χ1n) is 10.2. The van der Waals surface area contributed by atoms with Gasteiger partial charge in [0.25, 0.3) is 0 Å². The molecule has 0 radical (unpaired) electrons. The number of ketones is 1. The number of carbonyl (C=O) groups is 2. The van der Waals surface area contributed by atoms with E-state index in [-0.39, 0.29) is 42.6 Å². The normalized spacial score (nSPS) is 22.1. The SMILES string of the molecule is CC(C)(C)[Si](C)(C)OC[C@H]1NC(=O)[C@@]1(C)C(=O)CCOCOCc1ccccc1. The van der Waals surface area contributed by atoms with E-state index in [4.69, 9.17) is 13.9 Å². The summed E-state index contributed by atoms with van der Waals surface area (Å²) in [5, 5.41) is 2.92. The zero-order valence-corrected chi connectivity index (χ0v) is 19.5. The predicted molar refractivity (Wildman–Crippen MR) is 115 cm³/mol. The molecule has 1 N–H and O–H groups in total. The molecule has 1 saturated heterocycles. The third kappa shape index (κ3) is 5.75. The molecule has 1 heterocycles. The Hall–Kier alpha value is -1.54. The van der Waals surface area contributed by atoms with Crippen LogP contribution < -0.4 is 5.32 Å². The van der Waals surface area contributed by atoms with Gasteiger partial charge in [0.15, 0.2) is 14.1 Å². The van der Waals surface area contributed by atoms with Crippen molar-refractivity contribution in [1.29, 1.82) is 0 Å². The zero-order chi connectivity index (χ0) is 21.7. The van der Waals surface area contributed by atoms with E-state index < -0.39 is 13.7 Å². The smallest absolute Gasteiger partial charge is 0.235 e. The van der Waals surface area contributed by atoms with Crippen molar-refractivity contribution in [3.05, 3.63) is 35.9 Å². The summed E-state index contributed by atoms with van der Waals surface area (Å²) in [5.74, 6) is -0.347. The van der Waals surface area contributed by atoms with E-state index in [0.717, 1.165) is 5.56 Å². The number of hydrogen-bond acceptors (Lipinski definition) is 5. The average Bonchev–Trinajstić information content (AvgIpc) is 2.66. The van der Waals surface area contributed by atoms with Gasteiger partial charge in [-0.1, -0.05) is 51.1 Å². The second kappa shape index (κ2) is 9.51. The summed E-state index contributed by atoms with van der Waals surface area (Å²) in [5.41, 5.74) is 0.0202. The second-order valence-electron chi connectivity index (χ2n) is 9.33. The molecule has 6 nitrogen and oxygen atoms in total. The fraction of sp³-hybridized carbons (Fsp3) is 0.636. The van der Waals surface area contributed by atoms with Gasteiger partial charge in [-0.25, -0.2) is 0 Å². The Morgan fingerprint density at radius 2 is 1.83 bits per heavy atom. The quantitative estimate of drug-likeness (QED) is 0.194. The number of benzene rings is 1. The molecule has 1 aliphatic rings. The molecule has 1 amide bonds. The average molecular weight is 422 g/mol. The second-order valence-corrected chi connectivity index (χ2v) is 14.1. The lowest BCUT2D eigenvalue weighted by atomic mass is 9.70. The maximum absolute atomic E-state index is 12.7. The number of carbonyl (C=O) groups excluding carboxylic acids is 2. The van der Waals surface area contributed by atoms with Crippen LogP contribution in [0.5, 0.6) is 0 Å². The van der Waals surface area contributed by atoms with Crippen LogP contribution in [0.3, 0.4) is 0 Å². The van der Waals surface area contributed by atoms with Crippen molar-refractivity contribution in [3.63, 3.8) is 0 Å². The predicted octanol–water partition coefficient (Wildman–Crippen LogP) is 3.66. The summed E-state index contributed by atoms with van der Waals surface area (Å²) in [6.07, 6.45) is 0.176. The van der Waals surface area contributed by atoms with E-state index in [9.17, 15) is 9.59 Å². The Kier molecular flexibility index (Phi) is 7.78. The van der Waals surface area contributed by atoms with E-state index in [2.05, 4.69) is 39.2 Å². The van der Waals surface area contributed by atoms with Crippen LogP contribution in [0.4, 0.5) is 0 Å². The minimum atomic E-state index is -1.94. The van der Waals surface area contributed by atoms with Crippen LogP contribution in [-0.4, -0.2) is 46.1 Å². The Labute approximate surface area is 175 Å². The minimum absolute atomic E-state index is 0.0781. The van der Waals surface area contributed by atoms with Crippen molar-refractivity contribution in [1.82, 2.24) is 5.32 Å². The highest BCUT2D eigenvalue weighted by Gasteiger charge is 2.56. The standard InChI is InChI=1S/C22H35NO5Si/c1-21(2,3)29(5,6)28-15-18-22(4,20(25)23-18)19(24)12-13-26-16-27-14-17-10-8-7-9-11-17/h7-11,18H,12-16H2,1-6H3,(H,23,25)/t18-,22-/m1/s1. The molecule has 1 aliphatic heterocycles. The van der Waals surface area contributed by atoms with E-state index in [1.54, 1.807) is 6.92 Å².